The van der Waals surface area contributed by atoms with Crippen LogP contribution in [0.5, 0.6) is 6.01 Å². The molecule has 5 heterocycles. The Hall–Kier alpha value is -2.46. The Morgan fingerprint density at radius 2 is 1.97 bits per heavy atom. The highest BCUT2D eigenvalue weighted by Crippen LogP contribution is 2.37. The highest BCUT2D eigenvalue weighted by atomic mass is 35.5. The number of nitrogens with zero attached hydrogens (tertiary/aromatic N) is 6. The van der Waals surface area contributed by atoms with Gasteiger partial charge in [0.05, 0.1) is 44.2 Å². The second-order valence-electron chi connectivity index (χ2n) is 9.40. The molecule has 3 aliphatic heterocycles. The molecule has 6 rings (SSSR count). The number of rotatable bonds is 6. The van der Waals surface area contributed by atoms with Crippen LogP contribution in [0.3, 0.4) is 0 Å². The van der Waals surface area contributed by atoms with Gasteiger partial charge in [-0.25, -0.2) is 4.68 Å². The fourth-order valence-corrected chi connectivity index (χ4v) is 5.92. The lowest BCUT2D eigenvalue weighted by molar-refractivity contribution is 0.0988. The molecule has 3 saturated heterocycles. The number of halogens is 1. The summed E-state index contributed by atoms with van der Waals surface area (Å²) < 4.78 is 13.1. The second kappa shape index (κ2) is 9.89. The fourth-order valence-electron chi connectivity index (χ4n) is 5.59. The van der Waals surface area contributed by atoms with Crippen molar-refractivity contribution in [2.75, 3.05) is 51.4 Å². The summed E-state index contributed by atoms with van der Waals surface area (Å²) in [6.07, 6.45) is 5.17. The third kappa shape index (κ3) is 4.46. The van der Waals surface area contributed by atoms with E-state index in [0.717, 1.165) is 79.4 Å². The van der Waals surface area contributed by atoms with E-state index < -0.39 is 0 Å². The van der Waals surface area contributed by atoms with Gasteiger partial charge in [-0.05, 0) is 56.0 Å². The summed E-state index contributed by atoms with van der Waals surface area (Å²) in [7, 11) is 1.59. The van der Waals surface area contributed by atoms with E-state index in [1.54, 1.807) is 7.11 Å². The number of β-amino-alcohol motifs (C(OH)–C–C–N with tert-alkyl or cyclic N) is 1. The Bertz CT molecular complexity index is 1200. The molecule has 9 nitrogen and oxygen atoms in total. The van der Waals surface area contributed by atoms with E-state index in [1.165, 1.54) is 0 Å². The van der Waals surface area contributed by atoms with E-state index in [2.05, 4.69) is 30.9 Å². The van der Waals surface area contributed by atoms with Crippen LogP contribution in [0.1, 0.15) is 38.2 Å². The van der Waals surface area contributed by atoms with Crippen molar-refractivity contribution in [1.29, 1.82) is 0 Å². The minimum atomic E-state index is 0. The van der Waals surface area contributed by atoms with E-state index in [4.69, 9.17) is 21.1 Å². The van der Waals surface area contributed by atoms with Crippen LogP contribution in [0.25, 0.3) is 16.7 Å². The normalized spacial score (nSPS) is 22.7. The van der Waals surface area contributed by atoms with Crippen LogP contribution in [0.15, 0.2) is 24.4 Å². The zero-order valence-electron chi connectivity index (χ0n) is 19.2. The summed E-state index contributed by atoms with van der Waals surface area (Å²) >= 11 is 6.73. The lowest BCUT2D eigenvalue weighted by atomic mass is 9.89. The van der Waals surface area contributed by atoms with Crippen molar-refractivity contribution >= 4 is 28.3 Å². The van der Waals surface area contributed by atoms with Crippen molar-refractivity contribution < 1.29 is 14.6 Å². The van der Waals surface area contributed by atoms with Gasteiger partial charge in [0.25, 0.3) is 0 Å². The van der Waals surface area contributed by atoms with E-state index in [1.807, 2.05) is 23.0 Å². The van der Waals surface area contributed by atoms with Gasteiger partial charge in [0.1, 0.15) is 5.82 Å². The summed E-state index contributed by atoms with van der Waals surface area (Å²) in [6.45, 7) is 4.43. The minimum absolute atomic E-state index is 0. The number of hydrogen-bond donors (Lipinski definition) is 1. The van der Waals surface area contributed by atoms with E-state index in [0.29, 0.717) is 23.8 Å². The molecule has 0 radical (unpaired) electrons. The summed E-state index contributed by atoms with van der Waals surface area (Å²) in [4.78, 5) is 13.8. The SMILES string of the molecule is C.COc1nc(N2CC3CC2CO3)cc(-n2ncc3cc(Cl)c(C4CCN(CCO)CC4)cc32)n1. The zero-order valence-corrected chi connectivity index (χ0v) is 20.0. The summed E-state index contributed by atoms with van der Waals surface area (Å²) in [5.41, 5.74) is 2.12. The molecule has 2 unspecified atom stereocenters. The minimum Gasteiger partial charge on any atom is -0.467 e. The first-order chi connectivity index (χ1) is 16.6. The fraction of sp³-hybridized carbons (Fsp3) is 0.560. The maximum atomic E-state index is 9.23. The summed E-state index contributed by atoms with van der Waals surface area (Å²) in [5, 5.41) is 15.6. The average molecular weight is 501 g/mol. The Labute approximate surface area is 210 Å². The van der Waals surface area contributed by atoms with Crippen molar-refractivity contribution in [1.82, 2.24) is 24.6 Å². The van der Waals surface area contributed by atoms with Gasteiger partial charge < -0.3 is 24.4 Å². The highest BCUT2D eigenvalue weighted by molar-refractivity contribution is 6.32. The molecular weight excluding hydrogens is 468 g/mol. The standard InChI is InChI=1S/C24H29ClN6O3.CH4/c1-33-24-27-22(30-13-18-9-17(30)14-34-18)11-23(28-24)31-21-10-19(20(25)8-16(21)12-26-31)15-2-4-29(5-3-15)6-7-32;/h8,10-12,15,17-18,32H,2-7,9,13-14H2,1H3;1H4. The molecule has 0 aliphatic carbocycles. The molecule has 0 saturated carbocycles. The molecule has 10 heteroatoms. The topological polar surface area (TPSA) is 88.8 Å². The Balaban J connectivity index is 0.00000253. The van der Waals surface area contributed by atoms with Crippen molar-refractivity contribution in [3.8, 4) is 11.8 Å². The number of ether oxygens (including phenoxy) is 2. The van der Waals surface area contributed by atoms with Gasteiger partial charge in [0, 0.05) is 29.6 Å². The number of fused-ring (bicyclic) bond motifs is 3. The van der Waals surface area contributed by atoms with E-state index in [-0.39, 0.29) is 20.1 Å². The van der Waals surface area contributed by atoms with Gasteiger partial charge in [-0.3, -0.25) is 0 Å². The van der Waals surface area contributed by atoms with Crippen molar-refractivity contribution in [3.05, 3.63) is 35.0 Å². The molecule has 2 bridgehead atoms. The van der Waals surface area contributed by atoms with E-state index in [9.17, 15) is 5.11 Å². The molecule has 188 valence electrons. The number of aliphatic hydroxyl groups excluding tert-OH is 1. The van der Waals surface area contributed by atoms with Crippen LogP contribution in [-0.4, -0.2) is 88.4 Å². The predicted molar refractivity (Wildman–Crippen MR) is 136 cm³/mol. The first-order valence-electron chi connectivity index (χ1n) is 11.9. The molecule has 2 atom stereocenters. The monoisotopic (exact) mass is 500 g/mol. The van der Waals surface area contributed by atoms with Crippen LogP contribution in [-0.2, 0) is 4.74 Å². The summed E-state index contributed by atoms with van der Waals surface area (Å²) in [6, 6.07) is 6.82. The third-order valence-electron chi connectivity index (χ3n) is 7.40. The summed E-state index contributed by atoms with van der Waals surface area (Å²) in [5.74, 6) is 1.89. The lowest BCUT2D eigenvalue weighted by Crippen LogP contribution is -2.37. The third-order valence-corrected chi connectivity index (χ3v) is 7.73. The predicted octanol–water partition coefficient (Wildman–Crippen LogP) is 3.26. The number of hydrogen-bond acceptors (Lipinski definition) is 8. The van der Waals surface area contributed by atoms with Gasteiger partial charge in [0.2, 0.25) is 0 Å². The zero-order chi connectivity index (χ0) is 23.2. The molecule has 0 amide bonds. The number of anilines is 1. The van der Waals surface area contributed by atoms with Gasteiger partial charge in [-0.2, -0.15) is 15.1 Å². The first-order valence-corrected chi connectivity index (χ1v) is 12.3. The maximum Gasteiger partial charge on any atom is 0.320 e. The molecule has 3 fully saturated rings. The molecular formula is C25H33ClN6O3. The van der Waals surface area contributed by atoms with Crippen molar-refractivity contribution in [2.45, 2.75) is 44.8 Å². The average Bonchev–Trinajstić information content (AvgIpc) is 3.60. The van der Waals surface area contributed by atoms with Crippen LogP contribution in [0.4, 0.5) is 5.82 Å². The molecule has 1 N–H and O–H groups in total. The highest BCUT2D eigenvalue weighted by Gasteiger charge is 2.40. The van der Waals surface area contributed by atoms with Crippen molar-refractivity contribution in [3.63, 3.8) is 0 Å². The van der Waals surface area contributed by atoms with Gasteiger partial charge in [-0.1, -0.05) is 19.0 Å². The van der Waals surface area contributed by atoms with Gasteiger partial charge in [-0.15, -0.1) is 0 Å². The number of piperidine rings is 1. The number of benzene rings is 1. The number of aromatic nitrogens is 4. The molecule has 0 spiro atoms. The molecule has 3 aliphatic rings. The van der Waals surface area contributed by atoms with Gasteiger partial charge in [0.15, 0.2) is 5.82 Å². The molecule has 1 aromatic carbocycles. The van der Waals surface area contributed by atoms with Crippen LogP contribution in [0, 0.1) is 0 Å². The quantitative estimate of drug-likeness (QED) is 0.551. The largest absolute Gasteiger partial charge is 0.467 e. The molecule has 35 heavy (non-hydrogen) atoms. The maximum absolute atomic E-state index is 9.23. The van der Waals surface area contributed by atoms with Crippen LogP contribution < -0.4 is 9.64 Å². The number of morpholine rings is 1. The smallest absolute Gasteiger partial charge is 0.320 e. The Morgan fingerprint density at radius 1 is 1.17 bits per heavy atom. The lowest BCUT2D eigenvalue weighted by Gasteiger charge is -2.32. The van der Waals surface area contributed by atoms with Crippen molar-refractivity contribution in [2.24, 2.45) is 0 Å². The number of methoxy groups -OCH3 is 1. The molecule has 2 aromatic heterocycles. The number of aliphatic hydroxyl groups is 1. The first kappa shape index (κ1) is 24.2. The number of likely N-dealkylation sites (tertiary alicyclic amines) is 1. The van der Waals surface area contributed by atoms with E-state index >= 15 is 0 Å². The Morgan fingerprint density at radius 3 is 2.66 bits per heavy atom. The van der Waals surface area contributed by atoms with Gasteiger partial charge >= 0.3 is 6.01 Å². The van der Waals surface area contributed by atoms with Crippen LogP contribution >= 0.6 is 11.6 Å². The molecule has 3 aromatic rings. The van der Waals surface area contributed by atoms with Crippen LogP contribution in [0.2, 0.25) is 5.02 Å². The Kier molecular flexibility index (Phi) is 6.85. The second-order valence-corrected chi connectivity index (χ2v) is 9.80.